The standard InChI is InChI=1S/C17H13NO7/c19-15(13-4-2-1-3-5-13)11-25-17(21)16(20)24-10-12-6-8-14(9-7-12)18(22)23/h1-9H,10-11H2. The van der Waals surface area contributed by atoms with Gasteiger partial charge in [0, 0.05) is 17.7 Å². The van der Waals surface area contributed by atoms with E-state index >= 15 is 0 Å². The molecule has 0 spiro atoms. The highest BCUT2D eigenvalue weighted by molar-refractivity contribution is 6.30. The minimum Gasteiger partial charge on any atom is -0.452 e. The third-order valence-electron chi connectivity index (χ3n) is 3.11. The van der Waals surface area contributed by atoms with Crippen molar-refractivity contribution >= 4 is 23.4 Å². The van der Waals surface area contributed by atoms with Crippen molar-refractivity contribution in [2.45, 2.75) is 6.61 Å². The fourth-order valence-corrected chi connectivity index (χ4v) is 1.82. The van der Waals surface area contributed by atoms with Crippen LogP contribution in [0.1, 0.15) is 15.9 Å². The summed E-state index contributed by atoms with van der Waals surface area (Å²) in [6, 6.07) is 13.5. The van der Waals surface area contributed by atoms with E-state index in [0.717, 1.165) is 0 Å². The zero-order valence-corrected chi connectivity index (χ0v) is 12.9. The van der Waals surface area contributed by atoms with Gasteiger partial charge in [-0.15, -0.1) is 0 Å². The van der Waals surface area contributed by atoms with Crippen LogP contribution >= 0.6 is 0 Å². The number of esters is 2. The zero-order valence-electron chi connectivity index (χ0n) is 12.9. The number of nitro groups is 1. The molecule has 0 aliphatic heterocycles. The van der Waals surface area contributed by atoms with Crippen LogP contribution in [0.3, 0.4) is 0 Å². The summed E-state index contributed by atoms with van der Waals surface area (Å²) in [5, 5.41) is 10.5. The van der Waals surface area contributed by atoms with Gasteiger partial charge in [0.05, 0.1) is 4.92 Å². The highest BCUT2D eigenvalue weighted by Gasteiger charge is 2.19. The van der Waals surface area contributed by atoms with Crippen molar-refractivity contribution in [3.63, 3.8) is 0 Å². The summed E-state index contributed by atoms with van der Waals surface area (Å²) in [4.78, 5) is 44.8. The third kappa shape index (κ3) is 5.24. The van der Waals surface area contributed by atoms with E-state index in [1.165, 1.54) is 24.3 Å². The maximum Gasteiger partial charge on any atom is 0.417 e. The van der Waals surface area contributed by atoms with Gasteiger partial charge in [0.15, 0.2) is 12.4 Å². The van der Waals surface area contributed by atoms with Gasteiger partial charge in [0.2, 0.25) is 0 Å². The van der Waals surface area contributed by atoms with Gasteiger partial charge in [0.1, 0.15) is 6.61 Å². The van der Waals surface area contributed by atoms with Crippen molar-refractivity contribution in [2.24, 2.45) is 0 Å². The molecule has 0 aromatic heterocycles. The van der Waals surface area contributed by atoms with E-state index in [1.54, 1.807) is 30.3 Å². The average Bonchev–Trinajstić information content (AvgIpc) is 2.64. The maximum atomic E-state index is 11.8. The number of carbonyl (C=O) groups excluding carboxylic acids is 3. The molecule has 0 radical (unpaired) electrons. The monoisotopic (exact) mass is 343 g/mol. The topological polar surface area (TPSA) is 113 Å². The molecule has 0 heterocycles. The number of ether oxygens (including phenoxy) is 2. The fraction of sp³-hybridized carbons (Fsp3) is 0.118. The molecule has 0 aliphatic carbocycles. The van der Waals surface area contributed by atoms with Crippen molar-refractivity contribution in [2.75, 3.05) is 6.61 Å². The van der Waals surface area contributed by atoms with Crippen LogP contribution in [0.15, 0.2) is 54.6 Å². The number of ketones is 1. The van der Waals surface area contributed by atoms with Crippen LogP contribution < -0.4 is 0 Å². The number of hydrogen-bond donors (Lipinski definition) is 0. The smallest absolute Gasteiger partial charge is 0.417 e. The highest BCUT2D eigenvalue weighted by atomic mass is 16.6. The van der Waals surface area contributed by atoms with Gasteiger partial charge in [-0.2, -0.15) is 0 Å². The second-order valence-electron chi connectivity index (χ2n) is 4.87. The molecule has 0 saturated carbocycles. The van der Waals surface area contributed by atoms with Crippen molar-refractivity contribution < 1.29 is 28.8 Å². The zero-order chi connectivity index (χ0) is 18.2. The molecule has 0 amide bonds. The summed E-state index contributed by atoms with van der Waals surface area (Å²) >= 11 is 0. The Morgan fingerprint density at radius 3 is 2.08 bits per heavy atom. The first-order valence-electron chi connectivity index (χ1n) is 7.13. The molecule has 0 unspecified atom stereocenters. The normalized spacial score (nSPS) is 9.92. The third-order valence-corrected chi connectivity index (χ3v) is 3.11. The first-order valence-corrected chi connectivity index (χ1v) is 7.13. The molecule has 0 fully saturated rings. The largest absolute Gasteiger partial charge is 0.452 e. The molecule has 0 bridgehead atoms. The summed E-state index contributed by atoms with van der Waals surface area (Å²) in [5.74, 6) is -2.98. The minimum absolute atomic E-state index is 0.103. The summed E-state index contributed by atoms with van der Waals surface area (Å²) in [5.41, 5.74) is 0.718. The predicted molar refractivity (Wildman–Crippen MR) is 84.6 cm³/mol. The predicted octanol–water partition coefficient (Wildman–Crippen LogP) is 2.06. The van der Waals surface area contributed by atoms with Crippen LogP contribution in [-0.4, -0.2) is 29.3 Å². The second-order valence-corrected chi connectivity index (χ2v) is 4.87. The number of non-ortho nitro benzene ring substituents is 1. The fourth-order valence-electron chi connectivity index (χ4n) is 1.82. The lowest BCUT2D eigenvalue weighted by Crippen LogP contribution is -2.23. The number of benzene rings is 2. The molecule has 0 aliphatic rings. The lowest BCUT2D eigenvalue weighted by Gasteiger charge is -2.05. The van der Waals surface area contributed by atoms with E-state index in [1.807, 2.05) is 0 Å². The van der Waals surface area contributed by atoms with Crippen LogP contribution in [-0.2, 0) is 25.7 Å². The highest BCUT2D eigenvalue weighted by Crippen LogP contribution is 2.12. The van der Waals surface area contributed by atoms with Gasteiger partial charge in [-0.3, -0.25) is 14.9 Å². The minimum atomic E-state index is -1.29. The van der Waals surface area contributed by atoms with Crippen LogP contribution in [0.4, 0.5) is 5.69 Å². The van der Waals surface area contributed by atoms with Crippen LogP contribution in [0, 0.1) is 10.1 Å². The van der Waals surface area contributed by atoms with Crippen LogP contribution in [0.25, 0.3) is 0 Å². The Labute approximate surface area is 142 Å². The summed E-state index contributed by atoms with van der Waals surface area (Å²) in [6.07, 6.45) is 0. The summed E-state index contributed by atoms with van der Waals surface area (Å²) in [6.45, 7) is -0.825. The molecule has 2 aromatic rings. The molecule has 0 saturated heterocycles. The van der Waals surface area contributed by atoms with E-state index in [-0.39, 0.29) is 12.3 Å². The van der Waals surface area contributed by atoms with E-state index in [9.17, 15) is 24.5 Å². The first kappa shape index (κ1) is 17.8. The Balaban J connectivity index is 1.79. The van der Waals surface area contributed by atoms with E-state index in [2.05, 4.69) is 4.74 Å². The molecule has 8 heteroatoms. The quantitative estimate of drug-likeness (QED) is 0.259. The van der Waals surface area contributed by atoms with Crippen LogP contribution in [0.5, 0.6) is 0 Å². The number of nitrogens with zero attached hydrogens (tertiary/aromatic N) is 1. The van der Waals surface area contributed by atoms with Gasteiger partial charge < -0.3 is 9.47 Å². The second kappa shape index (κ2) is 8.34. The number of Topliss-reactive ketones (excluding diaryl/α,β-unsaturated/α-hetero) is 1. The Hall–Kier alpha value is -3.55. The number of nitro benzene ring substituents is 1. The molecular weight excluding hydrogens is 330 g/mol. The Kier molecular flexibility index (Phi) is 5.94. The molecule has 0 N–H and O–H groups in total. The van der Waals surface area contributed by atoms with Crippen molar-refractivity contribution in [3.05, 3.63) is 75.8 Å². The van der Waals surface area contributed by atoms with Crippen LogP contribution in [0.2, 0.25) is 0 Å². The van der Waals surface area contributed by atoms with E-state index < -0.39 is 29.3 Å². The molecule has 25 heavy (non-hydrogen) atoms. The van der Waals surface area contributed by atoms with Gasteiger partial charge in [-0.25, -0.2) is 9.59 Å². The number of rotatable bonds is 6. The van der Waals surface area contributed by atoms with E-state index in [4.69, 9.17) is 4.74 Å². The molecule has 2 aromatic carbocycles. The summed E-state index contributed by atoms with van der Waals surface area (Å²) < 4.78 is 9.34. The van der Waals surface area contributed by atoms with Gasteiger partial charge >= 0.3 is 11.9 Å². The lowest BCUT2D eigenvalue weighted by molar-refractivity contribution is -0.384. The molecule has 0 atom stereocenters. The molecule has 2 rings (SSSR count). The average molecular weight is 343 g/mol. The number of carbonyl (C=O) groups is 3. The Morgan fingerprint density at radius 1 is 0.880 bits per heavy atom. The lowest BCUT2D eigenvalue weighted by atomic mass is 10.1. The van der Waals surface area contributed by atoms with Gasteiger partial charge in [-0.05, 0) is 17.7 Å². The van der Waals surface area contributed by atoms with Crippen molar-refractivity contribution in [1.29, 1.82) is 0 Å². The van der Waals surface area contributed by atoms with E-state index in [0.29, 0.717) is 11.1 Å². The Bertz CT molecular complexity index is 784. The molecular formula is C17H13NO7. The Morgan fingerprint density at radius 2 is 1.48 bits per heavy atom. The molecule has 8 nitrogen and oxygen atoms in total. The van der Waals surface area contributed by atoms with Crippen molar-refractivity contribution in [1.82, 2.24) is 0 Å². The maximum absolute atomic E-state index is 11.8. The number of hydrogen-bond acceptors (Lipinski definition) is 7. The van der Waals surface area contributed by atoms with Crippen molar-refractivity contribution in [3.8, 4) is 0 Å². The summed E-state index contributed by atoms with van der Waals surface area (Å²) in [7, 11) is 0. The SMILES string of the molecule is O=C(OCC(=O)c1ccccc1)C(=O)OCc1ccc([N+](=O)[O-])cc1. The molecule has 128 valence electrons. The van der Waals surface area contributed by atoms with Gasteiger partial charge in [-0.1, -0.05) is 30.3 Å². The van der Waals surface area contributed by atoms with Gasteiger partial charge in [0.25, 0.3) is 5.69 Å². The first-order chi connectivity index (χ1) is 12.0.